The molecule has 0 unspecified atom stereocenters. The minimum Gasteiger partial charge on any atom is -0.494 e. The van der Waals surface area contributed by atoms with Gasteiger partial charge in [0.2, 0.25) is 0 Å². The number of carbonyl (C=O) groups is 2. The molecular formula is C28H36N4O4. The van der Waals surface area contributed by atoms with E-state index in [2.05, 4.69) is 58.5 Å². The summed E-state index contributed by atoms with van der Waals surface area (Å²) in [6.07, 6.45) is 0. The van der Waals surface area contributed by atoms with Gasteiger partial charge in [-0.25, -0.2) is 9.59 Å². The number of para-hydroxylation sites is 1. The fourth-order valence-corrected chi connectivity index (χ4v) is 4.95. The van der Waals surface area contributed by atoms with E-state index in [-0.39, 0.29) is 18.7 Å². The Hall–Kier alpha value is -3.52. The lowest BCUT2D eigenvalue weighted by molar-refractivity contribution is -0.139. The molecule has 4 rings (SSSR count). The first-order valence-corrected chi connectivity index (χ1v) is 12.7. The smallest absolute Gasteiger partial charge is 0.338 e. The number of nitrogens with one attached hydrogen (secondary N) is 2. The fraction of sp³-hybridized carbons (Fsp3) is 0.429. The first kappa shape index (κ1) is 25.6. The molecule has 2 heterocycles. The van der Waals surface area contributed by atoms with E-state index in [1.54, 1.807) is 6.92 Å². The van der Waals surface area contributed by atoms with Gasteiger partial charge in [0.25, 0.3) is 0 Å². The molecule has 2 aromatic carbocycles. The highest BCUT2D eigenvalue weighted by Gasteiger charge is 2.36. The van der Waals surface area contributed by atoms with Gasteiger partial charge in [0.05, 0.1) is 24.8 Å². The van der Waals surface area contributed by atoms with Crippen LogP contribution in [0.1, 0.15) is 37.9 Å². The number of esters is 1. The summed E-state index contributed by atoms with van der Waals surface area (Å²) in [4.78, 5) is 30.6. The predicted octanol–water partition coefficient (Wildman–Crippen LogP) is 3.78. The topological polar surface area (TPSA) is 83.1 Å². The highest BCUT2D eigenvalue weighted by Crippen LogP contribution is 2.34. The Kier molecular flexibility index (Phi) is 8.15. The van der Waals surface area contributed by atoms with Crippen molar-refractivity contribution >= 4 is 17.7 Å². The van der Waals surface area contributed by atoms with Crippen LogP contribution in [0, 0.1) is 6.92 Å². The van der Waals surface area contributed by atoms with E-state index < -0.39 is 12.0 Å². The number of ether oxygens (including phenoxy) is 2. The summed E-state index contributed by atoms with van der Waals surface area (Å²) in [5, 5.41) is 5.82. The first-order valence-electron chi connectivity index (χ1n) is 12.7. The van der Waals surface area contributed by atoms with Crippen molar-refractivity contribution in [3.05, 3.63) is 70.9 Å². The molecule has 2 N–H and O–H groups in total. The van der Waals surface area contributed by atoms with Crippen LogP contribution in [0.5, 0.6) is 5.75 Å². The van der Waals surface area contributed by atoms with Crippen LogP contribution in [0.4, 0.5) is 10.5 Å². The predicted molar refractivity (Wildman–Crippen MR) is 140 cm³/mol. The molecule has 2 amide bonds. The van der Waals surface area contributed by atoms with Gasteiger partial charge in [-0.3, -0.25) is 4.90 Å². The number of amides is 2. The van der Waals surface area contributed by atoms with Crippen LogP contribution < -0.4 is 20.3 Å². The maximum absolute atomic E-state index is 13.2. The fourth-order valence-electron chi connectivity index (χ4n) is 4.95. The van der Waals surface area contributed by atoms with Gasteiger partial charge < -0.3 is 25.0 Å². The summed E-state index contributed by atoms with van der Waals surface area (Å²) in [6, 6.07) is 15.3. The Balaban J connectivity index is 1.61. The summed E-state index contributed by atoms with van der Waals surface area (Å²) in [5.74, 6) is 0.191. The maximum Gasteiger partial charge on any atom is 0.338 e. The van der Waals surface area contributed by atoms with Gasteiger partial charge in [0, 0.05) is 49.2 Å². The summed E-state index contributed by atoms with van der Waals surface area (Å²) >= 11 is 0. The number of urea groups is 1. The minimum absolute atomic E-state index is 0.246. The summed E-state index contributed by atoms with van der Waals surface area (Å²) in [5.41, 5.74) is 4.17. The van der Waals surface area contributed by atoms with Gasteiger partial charge in [-0.15, -0.1) is 0 Å². The second kappa shape index (κ2) is 11.5. The largest absolute Gasteiger partial charge is 0.494 e. The Morgan fingerprint density at radius 3 is 2.50 bits per heavy atom. The van der Waals surface area contributed by atoms with Crippen molar-refractivity contribution in [1.29, 1.82) is 0 Å². The number of piperazine rings is 1. The van der Waals surface area contributed by atoms with Crippen molar-refractivity contribution in [1.82, 2.24) is 15.5 Å². The van der Waals surface area contributed by atoms with Gasteiger partial charge in [0.1, 0.15) is 5.75 Å². The molecule has 1 saturated heterocycles. The van der Waals surface area contributed by atoms with Gasteiger partial charge >= 0.3 is 12.0 Å². The monoisotopic (exact) mass is 492 g/mol. The third-order valence-electron chi connectivity index (χ3n) is 6.64. The third kappa shape index (κ3) is 5.65. The molecule has 2 aromatic rings. The standard InChI is InChI=1S/C28H36N4O4/c1-5-35-24-10-8-7-9-22(24)26-25(27(33)36-6-2)23(29-28(34)30-26)18-31-15-16-32(20(4)17-31)21-13-11-19(3)12-14-21/h7-14,20,26H,5-6,15-18H2,1-4H3,(H2,29,30,34)/t20-,26+/m1/s1. The molecular weight excluding hydrogens is 456 g/mol. The van der Waals surface area contributed by atoms with Crippen LogP contribution in [0.15, 0.2) is 59.8 Å². The Bertz CT molecular complexity index is 1110. The van der Waals surface area contributed by atoms with Crippen molar-refractivity contribution in [3.63, 3.8) is 0 Å². The summed E-state index contributed by atoms with van der Waals surface area (Å²) in [7, 11) is 0. The van der Waals surface area contributed by atoms with E-state index in [4.69, 9.17) is 9.47 Å². The van der Waals surface area contributed by atoms with Gasteiger partial charge in [0.15, 0.2) is 0 Å². The van der Waals surface area contributed by atoms with Crippen LogP contribution in [0.2, 0.25) is 0 Å². The van der Waals surface area contributed by atoms with E-state index in [1.165, 1.54) is 11.3 Å². The molecule has 2 aliphatic rings. The van der Waals surface area contributed by atoms with Crippen LogP contribution in [-0.4, -0.2) is 62.3 Å². The lowest BCUT2D eigenvalue weighted by Gasteiger charge is -2.42. The zero-order valence-electron chi connectivity index (χ0n) is 21.5. The van der Waals surface area contributed by atoms with E-state index in [1.807, 2.05) is 31.2 Å². The highest BCUT2D eigenvalue weighted by atomic mass is 16.5. The Morgan fingerprint density at radius 2 is 1.81 bits per heavy atom. The molecule has 0 bridgehead atoms. The van der Waals surface area contributed by atoms with Crippen LogP contribution >= 0.6 is 0 Å². The molecule has 192 valence electrons. The van der Waals surface area contributed by atoms with Gasteiger partial charge in [-0.2, -0.15) is 0 Å². The summed E-state index contributed by atoms with van der Waals surface area (Å²) in [6.45, 7) is 11.6. The van der Waals surface area contributed by atoms with Crippen LogP contribution in [-0.2, 0) is 9.53 Å². The number of anilines is 1. The van der Waals surface area contributed by atoms with Gasteiger partial charge in [-0.1, -0.05) is 35.9 Å². The van der Waals surface area contributed by atoms with E-state index in [0.717, 1.165) is 25.2 Å². The van der Waals surface area contributed by atoms with Crippen molar-refractivity contribution in [2.75, 3.05) is 44.3 Å². The number of benzene rings is 2. The highest BCUT2D eigenvalue weighted by molar-refractivity contribution is 5.95. The third-order valence-corrected chi connectivity index (χ3v) is 6.64. The normalized spacial score (nSPS) is 20.6. The van der Waals surface area contributed by atoms with Gasteiger partial charge in [-0.05, 0) is 45.9 Å². The molecule has 0 spiro atoms. The van der Waals surface area contributed by atoms with E-state index in [9.17, 15) is 9.59 Å². The van der Waals surface area contributed by atoms with E-state index >= 15 is 0 Å². The number of hydrogen-bond donors (Lipinski definition) is 2. The number of rotatable bonds is 8. The zero-order valence-corrected chi connectivity index (χ0v) is 21.5. The quantitative estimate of drug-likeness (QED) is 0.546. The lowest BCUT2D eigenvalue weighted by Crippen LogP contribution is -2.54. The number of aryl methyl sites for hydroxylation is 1. The number of carbonyl (C=O) groups excluding carboxylic acids is 2. The van der Waals surface area contributed by atoms with Crippen molar-refractivity contribution < 1.29 is 19.1 Å². The zero-order chi connectivity index (χ0) is 25.7. The first-order chi connectivity index (χ1) is 17.4. The molecule has 2 aliphatic heterocycles. The molecule has 0 radical (unpaired) electrons. The Morgan fingerprint density at radius 1 is 1.06 bits per heavy atom. The second-order valence-corrected chi connectivity index (χ2v) is 9.23. The van der Waals surface area contributed by atoms with Crippen LogP contribution in [0.25, 0.3) is 0 Å². The average Bonchev–Trinajstić information content (AvgIpc) is 2.85. The summed E-state index contributed by atoms with van der Waals surface area (Å²) < 4.78 is 11.2. The SMILES string of the molecule is CCOC(=O)C1=C(CN2CCN(c3ccc(C)cc3)[C@H](C)C2)NC(=O)N[C@H]1c1ccccc1OCC. The molecule has 36 heavy (non-hydrogen) atoms. The molecule has 8 heteroatoms. The van der Waals surface area contributed by atoms with Crippen molar-refractivity contribution in [3.8, 4) is 5.75 Å². The lowest BCUT2D eigenvalue weighted by atomic mass is 9.94. The number of nitrogens with zero attached hydrogens (tertiary/aromatic N) is 2. The second-order valence-electron chi connectivity index (χ2n) is 9.23. The molecule has 0 saturated carbocycles. The van der Waals surface area contributed by atoms with Crippen molar-refractivity contribution in [2.24, 2.45) is 0 Å². The molecule has 0 aliphatic carbocycles. The minimum atomic E-state index is -0.665. The molecule has 1 fully saturated rings. The van der Waals surface area contributed by atoms with Crippen molar-refractivity contribution in [2.45, 2.75) is 39.8 Å². The molecule has 8 nitrogen and oxygen atoms in total. The maximum atomic E-state index is 13.2. The molecule has 2 atom stereocenters. The Labute approximate surface area is 213 Å². The average molecular weight is 493 g/mol. The van der Waals surface area contributed by atoms with Crippen LogP contribution in [0.3, 0.4) is 0 Å². The van der Waals surface area contributed by atoms with E-state index in [0.29, 0.717) is 30.2 Å². The number of hydrogen-bond acceptors (Lipinski definition) is 6. The molecule has 0 aromatic heterocycles.